The third-order valence-corrected chi connectivity index (χ3v) is 1.65. The molecule has 12 heavy (non-hydrogen) atoms. The van der Waals surface area contributed by atoms with E-state index in [0.717, 1.165) is 5.56 Å². The number of hydrogen-bond donors (Lipinski definition) is 0. The van der Waals surface area contributed by atoms with Gasteiger partial charge in [-0.25, -0.2) is 0 Å². The van der Waals surface area contributed by atoms with E-state index < -0.39 is 5.97 Å². The fraction of sp³-hybridized carbons (Fsp3) is 0.125. The van der Waals surface area contributed by atoms with Crippen LogP contribution in [0.25, 0.3) is 0 Å². The Hall–Kier alpha value is -0.423. The minimum absolute atomic E-state index is 0. The smallest absolute Gasteiger partial charge is 0.545 e. The van der Waals surface area contributed by atoms with Crippen LogP contribution < -0.4 is 24.0 Å². The fourth-order valence-electron chi connectivity index (χ4n) is 0.730. The summed E-state index contributed by atoms with van der Waals surface area (Å²) in [6, 6.07) is 6.29. The van der Waals surface area contributed by atoms with Crippen LogP contribution in [0.15, 0.2) is 24.3 Å². The Morgan fingerprint density at radius 1 is 1.33 bits per heavy atom. The molecular formula is C8H6ClLiO2. The molecule has 0 N–H and O–H groups in total. The van der Waals surface area contributed by atoms with Crippen molar-refractivity contribution in [1.82, 2.24) is 0 Å². The molecule has 1 aromatic carbocycles. The zero-order valence-corrected chi connectivity index (χ0v) is 7.47. The van der Waals surface area contributed by atoms with Crippen molar-refractivity contribution in [2.24, 2.45) is 0 Å². The van der Waals surface area contributed by atoms with Crippen molar-refractivity contribution in [2.45, 2.75) is 5.88 Å². The second-order valence-electron chi connectivity index (χ2n) is 2.12. The van der Waals surface area contributed by atoms with Crippen LogP contribution in [0.1, 0.15) is 15.9 Å². The molecule has 0 spiro atoms. The first-order valence-corrected chi connectivity index (χ1v) is 3.63. The summed E-state index contributed by atoms with van der Waals surface area (Å²) in [4.78, 5) is 10.3. The Morgan fingerprint density at radius 2 is 1.83 bits per heavy atom. The van der Waals surface area contributed by atoms with Gasteiger partial charge in [-0.1, -0.05) is 24.3 Å². The van der Waals surface area contributed by atoms with Gasteiger partial charge in [0.15, 0.2) is 0 Å². The maximum absolute atomic E-state index is 10.3. The minimum Gasteiger partial charge on any atom is -0.545 e. The van der Waals surface area contributed by atoms with Crippen molar-refractivity contribution in [2.75, 3.05) is 0 Å². The molecule has 2 nitrogen and oxygen atoms in total. The molecule has 0 fully saturated rings. The molecule has 0 aliphatic rings. The van der Waals surface area contributed by atoms with Gasteiger partial charge in [0.05, 0.1) is 5.97 Å². The molecular weight excluding hydrogens is 170 g/mol. The summed E-state index contributed by atoms with van der Waals surface area (Å²) >= 11 is 5.50. The van der Waals surface area contributed by atoms with Gasteiger partial charge >= 0.3 is 18.9 Å². The fourth-order valence-corrected chi connectivity index (χ4v) is 0.908. The summed E-state index contributed by atoms with van der Waals surface area (Å²) in [5.74, 6) is -0.765. The average molecular weight is 177 g/mol. The van der Waals surface area contributed by atoms with Crippen LogP contribution in [0, 0.1) is 0 Å². The van der Waals surface area contributed by atoms with Crippen molar-refractivity contribution in [3.8, 4) is 0 Å². The van der Waals surface area contributed by atoms with E-state index >= 15 is 0 Å². The molecule has 0 amide bonds. The first kappa shape index (κ1) is 11.6. The van der Waals surface area contributed by atoms with Crippen molar-refractivity contribution < 1.29 is 28.8 Å². The summed E-state index contributed by atoms with van der Waals surface area (Å²) in [6.07, 6.45) is 0. The third-order valence-electron chi connectivity index (χ3n) is 1.34. The Bertz CT molecular complexity index is 258. The molecule has 0 aliphatic heterocycles. The Kier molecular flexibility index (Phi) is 5.08. The zero-order valence-electron chi connectivity index (χ0n) is 6.71. The molecule has 0 bridgehead atoms. The van der Waals surface area contributed by atoms with Gasteiger partial charge < -0.3 is 9.90 Å². The number of carbonyl (C=O) groups excluding carboxylic acids is 1. The quantitative estimate of drug-likeness (QED) is 0.379. The molecule has 0 aromatic heterocycles. The van der Waals surface area contributed by atoms with Gasteiger partial charge in [-0.15, -0.1) is 11.6 Å². The van der Waals surface area contributed by atoms with Gasteiger partial charge in [-0.2, -0.15) is 0 Å². The predicted octanol–water partition coefficient (Wildman–Crippen LogP) is -2.21. The molecule has 58 valence electrons. The van der Waals surface area contributed by atoms with Gasteiger partial charge in [0, 0.05) is 5.88 Å². The number of carboxylic acids is 1. The summed E-state index contributed by atoms with van der Waals surface area (Å²) < 4.78 is 0. The normalized spacial score (nSPS) is 8.75. The van der Waals surface area contributed by atoms with Crippen LogP contribution in [-0.4, -0.2) is 5.97 Å². The zero-order chi connectivity index (χ0) is 8.27. The van der Waals surface area contributed by atoms with E-state index in [1.165, 1.54) is 12.1 Å². The van der Waals surface area contributed by atoms with E-state index in [0.29, 0.717) is 5.88 Å². The summed E-state index contributed by atoms with van der Waals surface area (Å²) in [5, 5.41) is 10.3. The van der Waals surface area contributed by atoms with Crippen molar-refractivity contribution in [1.29, 1.82) is 0 Å². The molecule has 4 heteroatoms. The molecule has 0 saturated carbocycles. The van der Waals surface area contributed by atoms with Gasteiger partial charge in [-0.05, 0) is 11.1 Å². The molecule has 0 unspecified atom stereocenters. The number of benzene rings is 1. The van der Waals surface area contributed by atoms with Crippen molar-refractivity contribution in [3.63, 3.8) is 0 Å². The van der Waals surface area contributed by atoms with Crippen LogP contribution in [0.2, 0.25) is 0 Å². The summed E-state index contributed by atoms with van der Waals surface area (Å²) in [6.45, 7) is 0. The summed E-state index contributed by atoms with van der Waals surface area (Å²) in [5.41, 5.74) is 1.08. The molecule has 0 atom stereocenters. The van der Waals surface area contributed by atoms with E-state index in [-0.39, 0.29) is 24.4 Å². The number of hydrogen-bond acceptors (Lipinski definition) is 2. The van der Waals surface area contributed by atoms with Crippen molar-refractivity contribution in [3.05, 3.63) is 35.4 Å². The molecule has 0 saturated heterocycles. The Balaban J connectivity index is 0.00000121. The first-order valence-electron chi connectivity index (χ1n) is 3.10. The molecule has 0 aliphatic carbocycles. The Labute approximate surface area is 87.7 Å². The van der Waals surface area contributed by atoms with Gasteiger partial charge in [0.2, 0.25) is 0 Å². The van der Waals surface area contributed by atoms with Gasteiger partial charge in [-0.3, -0.25) is 0 Å². The molecule has 1 aromatic rings. The molecule has 0 heterocycles. The Morgan fingerprint density at radius 3 is 2.17 bits per heavy atom. The number of carboxylic acid groups (broad SMARTS) is 1. The van der Waals surface area contributed by atoms with E-state index in [1.807, 2.05) is 0 Å². The van der Waals surface area contributed by atoms with Crippen LogP contribution in [0.3, 0.4) is 0 Å². The number of rotatable bonds is 2. The van der Waals surface area contributed by atoms with E-state index in [1.54, 1.807) is 12.1 Å². The van der Waals surface area contributed by atoms with Gasteiger partial charge in [0.25, 0.3) is 0 Å². The van der Waals surface area contributed by atoms with Crippen LogP contribution >= 0.6 is 11.6 Å². The van der Waals surface area contributed by atoms with E-state index in [4.69, 9.17) is 11.6 Å². The maximum atomic E-state index is 10.3. The second kappa shape index (κ2) is 5.26. The third kappa shape index (κ3) is 2.90. The largest absolute Gasteiger partial charge is 1.00 e. The first-order chi connectivity index (χ1) is 5.24. The number of halogens is 1. The average Bonchev–Trinajstić information content (AvgIpc) is 2.05. The van der Waals surface area contributed by atoms with Gasteiger partial charge in [0.1, 0.15) is 0 Å². The monoisotopic (exact) mass is 176 g/mol. The summed E-state index contributed by atoms with van der Waals surface area (Å²) in [7, 11) is 0. The second-order valence-corrected chi connectivity index (χ2v) is 2.39. The van der Waals surface area contributed by atoms with E-state index in [2.05, 4.69) is 0 Å². The topological polar surface area (TPSA) is 40.1 Å². The van der Waals surface area contributed by atoms with Crippen LogP contribution in [0.5, 0.6) is 0 Å². The SMILES string of the molecule is O=C([O-])c1ccc(CCl)cc1.[Li+]. The van der Waals surface area contributed by atoms with Crippen molar-refractivity contribution >= 4 is 17.6 Å². The minimum atomic E-state index is -1.16. The van der Waals surface area contributed by atoms with Crippen LogP contribution in [0.4, 0.5) is 0 Å². The predicted molar refractivity (Wildman–Crippen MR) is 40.3 cm³/mol. The standard InChI is InChI=1S/C8H7ClO2.Li/c9-5-6-1-3-7(4-2-6)8(10)11;/h1-4H,5H2,(H,10,11);/q;+1/p-1. The molecule has 1 rings (SSSR count). The maximum Gasteiger partial charge on any atom is 1.00 e. The number of alkyl halides is 1. The van der Waals surface area contributed by atoms with E-state index in [9.17, 15) is 9.90 Å². The number of aromatic carboxylic acids is 1. The molecule has 0 radical (unpaired) electrons. The van der Waals surface area contributed by atoms with Crippen LogP contribution in [-0.2, 0) is 5.88 Å². The number of carbonyl (C=O) groups is 1.